The summed E-state index contributed by atoms with van der Waals surface area (Å²) >= 11 is 0. The minimum atomic E-state index is -0.268. The zero-order valence-electron chi connectivity index (χ0n) is 23.9. The fourth-order valence-corrected chi connectivity index (χ4v) is 7.67. The van der Waals surface area contributed by atoms with Crippen molar-refractivity contribution < 1.29 is 30.3 Å². The molecule has 3 aromatic rings. The number of aliphatic hydroxyl groups is 2. The summed E-state index contributed by atoms with van der Waals surface area (Å²) in [6, 6.07) is 21.8. The Kier molecular flexibility index (Phi) is 10.8. The number of hydrogen-bond acceptors (Lipinski definition) is 3. The van der Waals surface area contributed by atoms with Gasteiger partial charge in [0.25, 0.3) is 0 Å². The van der Waals surface area contributed by atoms with E-state index in [1.807, 2.05) is 24.3 Å². The number of rotatable bonds is 3. The Morgan fingerprint density at radius 1 is 0.795 bits per heavy atom. The van der Waals surface area contributed by atoms with Gasteiger partial charge < -0.3 is 10.2 Å². The van der Waals surface area contributed by atoms with Crippen LogP contribution in [0.4, 0.5) is 0 Å². The number of aliphatic hydroxyl groups excluding tert-OH is 2. The summed E-state index contributed by atoms with van der Waals surface area (Å²) in [5.74, 6) is 2.83. The summed E-state index contributed by atoms with van der Waals surface area (Å²) < 4.78 is 0. The van der Waals surface area contributed by atoms with Crippen LogP contribution in [0.5, 0.6) is 0 Å². The molecule has 0 saturated heterocycles. The van der Waals surface area contributed by atoms with Crippen LogP contribution >= 0.6 is 0 Å². The second-order valence-corrected chi connectivity index (χ2v) is 12.6. The minimum Gasteiger partial charge on any atom is -0.392 e. The topological polar surface area (TPSA) is 53.4 Å². The van der Waals surface area contributed by atoms with Crippen molar-refractivity contribution in [2.75, 3.05) is 0 Å². The molecule has 6 rings (SSSR count). The third-order valence-electron chi connectivity index (χ3n) is 9.84. The van der Waals surface area contributed by atoms with Gasteiger partial charge in [-0.2, -0.15) is 0 Å². The minimum absolute atomic E-state index is 0. The van der Waals surface area contributed by atoms with Gasteiger partial charge in [0.1, 0.15) is 0 Å². The molecule has 213 valence electrons. The maximum atomic E-state index is 10.9. The van der Waals surface area contributed by atoms with Crippen molar-refractivity contribution in [1.29, 1.82) is 0 Å². The maximum Gasteiger partial charge on any atom is 0.0626 e. The summed E-state index contributed by atoms with van der Waals surface area (Å²) in [6.07, 6.45) is 10.9. The van der Waals surface area contributed by atoms with Gasteiger partial charge in [-0.1, -0.05) is 77.1 Å². The van der Waals surface area contributed by atoms with Gasteiger partial charge in [0.2, 0.25) is 0 Å². The molecule has 3 nitrogen and oxygen atoms in total. The number of fused-ring (bicyclic) bond motifs is 2. The van der Waals surface area contributed by atoms with Crippen LogP contribution in [0.3, 0.4) is 0 Å². The molecule has 0 aliphatic heterocycles. The molecule has 0 spiro atoms. The molecule has 4 unspecified atom stereocenters. The fourth-order valence-electron chi connectivity index (χ4n) is 7.67. The molecule has 39 heavy (non-hydrogen) atoms. The van der Waals surface area contributed by atoms with E-state index >= 15 is 0 Å². The van der Waals surface area contributed by atoms with Crippen molar-refractivity contribution in [2.45, 2.75) is 96.7 Å². The Balaban J connectivity index is 0.000000176. The summed E-state index contributed by atoms with van der Waals surface area (Å²) in [6.45, 7) is 6.59. The Morgan fingerprint density at radius 3 is 2.28 bits per heavy atom. The fraction of sp³-hybridized carbons (Fsp3) is 0.571. The van der Waals surface area contributed by atoms with Gasteiger partial charge in [0, 0.05) is 31.4 Å². The molecule has 6 atom stereocenters. The van der Waals surface area contributed by atoms with Crippen molar-refractivity contribution in [3.05, 3.63) is 66.2 Å². The van der Waals surface area contributed by atoms with Crippen molar-refractivity contribution >= 4 is 10.9 Å². The van der Waals surface area contributed by atoms with E-state index in [-0.39, 0.29) is 38.2 Å². The number of pyridine rings is 1. The van der Waals surface area contributed by atoms with Crippen LogP contribution in [0.15, 0.2) is 54.6 Å². The van der Waals surface area contributed by atoms with Crippen LogP contribution in [0.1, 0.15) is 90.0 Å². The van der Waals surface area contributed by atoms with Crippen LogP contribution in [-0.4, -0.2) is 27.4 Å². The van der Waals surface area contributed by atoms with Gasteiger partial charge in [0.15, 0.2) is 0 Å². The first-order valence-electron chi connectivity index (χ1n) is 15.2. The average Bonchev–Trinajstić information content (AvgIpc) is 3.42. The zero-order chi connectivity index (χ0) is 26.6. The molecule has 1 aromatic heterocycles. The van der Waals surface area contributed by atoms with Gasteiger partial charge in [0.05, 0.1) is 17.7 Å². The summed E-state index contributed by atoms with van der Waals surface area (Å²) in [4.78, 5) is 4.76. The SMILES string of the molecule is CC(C)c1cccc2nc(-c3[c-]cccc3)ccc12.C[C@@H]1CCC2CCC[C@H](C3CCCC3)C(O)C2C1O.[Ir]. The smallest absolute Gasteiger partial charge is 0.0626 e. The predicted octanol–water partition coefficient (Wildman–Crippen LogP) is 8.18. The van der Waals surface area contributed by atoms with E-state index in [2.05, 4.69) is 57.2 Å². The molecule has 4 heteroatoms. The summed E-state index contributed by atoms with van der Waals surface area (Å²) in [5.41, 5.74) is 4.43. The van der Waals surface area contributed by atoms with Gasteiger partial charge >= 0.3 is 0 Å². The maximum absolute atomic E-state index is 10.9. The number of benzene rings is 2. The molecule has 1 radical (unpaired) electrons. The third kappa shape index (κ3) is 6.84. The van der Waals surface area contributed by atoms with Gasteiger partial charge in [-0.25, -0.2) is 0 Å². The third-order valence-corrected chi connectivity index (χ3v) is 9.84. The first-order valence-corrected chi connectivity index (χ1v) is 15.2. The van der Waals surface area contributed by atoms with Crippen molar-refractivity contribution in [3.63, 3.8) is 0 Å². The number of nitrogens with zero attached hydrogens (tertiary/aromatic N) is 1. The van der Waals surface area contributed by atoms with E-state index in [4.69, 9.17) is 4.98 Å². The van der Waals surface area contributed by atoms with E-state index in [1.54, 1.807) is 0 Å². The standard InChI is InChI=1S/C18H16N.C17H30O2.Ir/c1-13(2)15-9-6-10-18-16(15)11-12-17(19-18)14-7-4-3-5-8-14;1-11-9-10-13-7-4-8-14(12-5-2-3-6-12)17(19)15(13)16(11)18;/h3-7,9-13H,1-2H3;11-19H,2-10H2,1H3;/q-1;;/t;11-,13?,14-,15?,16?,17?;/m.1./s1. The molecule has 0 bridgehead atoms. The van der Waals surface area contributed by atoms with Crippen LogP contribution in [0.2, 0.25) is 0 Å². The summed E-state index contributed by atoms with van der Waals surface area (Å²) in [7, 11) is 0. The molecule has 3 saturated carbocycles. The molecule has 3 fully saturated rings. The molecular formula is C35H46IrNO2-. The van der Waals surface area contributed by atoms with E-state index in [1.165, 1.54) is 62.3 Å². The molecule has 2 aromatic carbocycles. The molecule has 3 aliphatic rings. The monoisotopic (exact) mass is 705 g/mol. The zero-order valence-corrected chi connectivity index (χ0v) is 26.2. The Labute approximate surface area is 249 Å². The van der Waals surface area contributed by atoms with Crippen molar-refractivity contribution in [3.8, 4) is 11.3 Å². The van der Waals surface area contributed by atoms with Crippen LogP contribution in [0, 0.1) is 35.7 Å². The molecular weight excluding hydrogens is 659 g/mol. The van der Waals surface area contributed by atoms with Crippen molar-refractivity contribution in [2.24, 2.45) is 29.6 Å². The quantitative estimate of drug-likeness (QED) is 0.271. The van der Waals surface area contributed by atoms with Crippen LogP contribution in [-0.2, 0) is 20.1 Å². The Morgan fingerprint density at radius 2 is 1.56 bits per heavy atom. The number of aromatic nitrogens is 1. The van der Waals surface area contributed by atoms with E-state index in [0.29, 0.717) is 23.7 Å². The first kappa shape index (κ1) is 30.4. The second-order valence-electron chi connectivity index (χ2n) is 12.6. The molecule has 1 heterocycles. The van der Waals surface area contributed by atoms with E-state index < -0.39 is 0 Å². The van der Waals surface area contributed by atoms with Crippen LogP contribution in [0.25, 0.3) is 22.2 Å². The molecule has 2 N–H and O–H groups in total. The Bertz CT molecular complexity index is 1180. The van der Waals surface area contributed by atoms with E-state index in [9.17, 15) is 10.2 Å². The van der Waals surface area contributed by atoms with Gasteiger partial charge in [-0.15, -0.1) is 35.9 Å². The van der Waals surface area contributed by atoms with Gasteiger partial charge in [-0.3, -0.25) is 4.98 Å². The normalized spacial score (nSPS) is 29.2. The van der Waals surface area contributed by atoms with Gasteiger partial charge in [-0.05, 0) is 72.6 Å². The predicted molar refractivity (Wildman–Crippen MR) is 157 cm³/mol. The molecule has 3 aliphatic carbocycles. The number of hydrogen-bond donors (Lipinski definition) is 2. The second kappa shape index (κ2) is 13.9. The summed E-state index contributed by atoms with van der Waals surface area (Å²) in [5, 5.41) is 22.7. The first-order chi connectivity index (χ1) is 18.4. The van der Waals surface area contributed by atoms with E-state index in [0.717, 1.165) is 29.1 Å². The average molecular weight is 705 g/mol. The van der Waals surface area contributed by atoms with Crippen molar-refractivity contribution in [1.82, 2.24) is 4.98 Å². The Hall–Kier alpha value is -1.58. The van der Waals surface area contributed by atoms with Crippen LogP contribution < -0.4 is 0 Å². The molecule has 0 amide bonds. The largest absolute Gasteiger partial charge is 0.392 e.